The average Bonchev–Trinajstić information content (AvgIpc) is 2.70. The maximum Gasteiger partial charge on any atom is 0.292 e. The van der Waals surface area contributed by atoms with Crippen molar-refractivity contribution >= 4 is 5.91 Å². The van der Waals surface area contributed by atoms with Gasteiger partial charge >= 0.3 is 0 Å². The number of carbonyl (C=O) groups is 1. The molecule has 0 aliphatic heterocycles. The van der Waals surface area contributed by atoms with Gasteiger partial charge in [0.05, 0.1) is 5.60 Å². The molecule has 0 radical (unpaired) electrons. The fourth-order valence-electron chi connectivity index (χ4n) is 1.43. The average molecular weight is 255 g/mol. The first-order valence-electron chi connectivity index (χ1n) is 6.11. The van der Waals surface area contributed by atoms with Crippen molar-refractivity contribution in [1.29, 1.82) is 0 Å². The number of aryl methyl sites for hydroxylation is 1. The molecule has 1 atom stereocenters. The summed E-state index contributed by atoms with van der Waals surface area (Å²) in [6, 6.07) is 0. The summed E-state index contributed by atoms with van der Waals surface area (Å²) in [4.78, 5) is 15.4. The Morgan fingerprint density at radius 3 is 2.72 bits per heavy atom. The molecule has 1 rings (SSSR count). The molecule has 1 unspecified atom stereocenters. The molecule has 18 heavy (non-hydrogen) atoms. The SMILES string of the molecule is Cc1nc(C(=O)NCC(C)(O)CCC(C)C)no1. The van der Waals surface area contributed by atoms with Crippen LogP contribution in [0.25, 0.3) is 0 Å². The van der Waals surface area contributed by atoms with E-state index in [1.807, 2.05) is 0 Å². The smallest absolute Gasteiger partial charge is 0.292 e. The van der Waals surface area contributed by atoms with Crippen LogP contribution in [0.3, 0.4) is 0 Å². The fraction of sp³-hybridized carbons (Fsp3) is 0.750. The lowest BCUT2D eigenvalue weighted by Gasteiger charge is -2.24. The molecule has 0 saturated heterocycles. The number of hydrogen-bond acceptors (Lipinski definition) is 5. The molecule has 2 N–H and O–H groups in total. The van der Waals surface area contributed by atoms with E-state index < -0.39 is 11.5 Å². The van der Waals surface area contributed by atoms with E-state index in [1.165, 1.54) is 0 Å². The zero-order chi connectivity index (χ0) is 13.8. The van der Waals surface area contributed by atoms with E-state index >= 15 is 0 Å². The largest absolute Gasteiger partial charge is 0.388 e. The highest BCUT2D eigenvalue weighted by Crippen LogP contribution is 2.15. The van der Waals surface area contributed by atoms with E-state index in [2.05, 4.69) is 29.3 Å². The van der Waals surface area contributed by atoms with Crippen LogP contribution < -0.4 is 5.32 Å². The minimum atomic E-state index is -0.918. The quantitative estimate of drug-likeness (QED) is 0.799. The van der Waals surface area contributed by atoms with Crippen molar-refractivity contribution in [2.24, 2.45) is 5.92 Å². The molecule has 0 saturated carbocycles. The van der Waals surface area contributed by atoms with E-state index in [0.29, 0.717) is 18.2 Å². The molecule has 1 heterocycles. The number of carbonyl (C=O) groups excluding carboxylic acids is 1. The van der Waals surface area contributed by atoms with Gasteiger partial charge in [0, 0.05) is 13.5 Å². The third-order valence-corrected chi connectivity index (χ3v) is 2.62. The van der Waals surface area contributed by atoms with Crippen molar-refractivity contribution in [2.75, 3.05) is 6.54 Å². The van der Waals surface area contributed by atoms with Crippen LogP contribution in [-0.4, -0.2) is 33.3 Å². The lowest BCUT2D eigenvalue weighted by atomic mass is 9.95. The highest BCUT2D eigenvalue weighted by molar-refractivity contribution is 5.90. The number of nitrogens with zero attached hydrogens (tertiary/aromatic N) is 2. The van der Waals surface area contributed by atoms with Gasteiger partial charge in [-0.05, 0) is 25.7 Å². The van der Waals surface area contributed by atoms with Gasteiger partial charge in [0.1, 0.15) is 0 Å². The van der Waals surface area contributed by atoms with Gasteiger partial charge in [-0.25, -0.2) is 0 Å². The number of nitrogens with one attached hydrogen (secondary N) is 1. The molecular weight excluding hydrogens is 234 g/mol. The van der Waals surface area contributed by atoms with Crippen LogP contribution in [0.4, 0.5) is 0 Å². The molecule has 1 amide bonds. The van der Waals surface area contributed by atoms with Crippen LogP contribution in [0.15, 0.2) is 4.52 Å². The molecule has 1 aromatic rings. The summed E-state index contributed by atoms with van der Waals surface area (Å²) < 4.78 is 4.71. The van der Waals surface area contributed by atoms with Gasteiger partial charge in [-0.3, -0.25) is 4.79 Å². The topological polar surface area (TPSA) is 88.2 Å². The second-order valence-electron chi connectivity index (χ2n) is 5.25. The predicted molar refractivity (Wildman–Crippen MR) is 66.1 cm³/mol. The third kappa shape index (κ3) is 4.83. The number of rotatable bonds is 6. The molecule has 0 aliphatic rings. The number of hydrogen-bond donors (Lipinski definition) is 2. The molecule has 102 valence electrons. The Morgan fingerprint density at radius 2 is 2.22 bits per heavy atom. The normalized spacial score (nSPS) is 14.6. The van der Waals surface area contributed by atoms with Crippen molar-refractivity contribution in [3.63, 3.8) is 0 Å². The van der Waals surface area contributed by atoms with Gasteiger partial charge < -0.3 is 14.9 Å². The van der Waals surface area contributed by atoms with Crippen LogP contribution >= 0.6 is 0 Å². The van der Waals surface area contributed by atoms with E-state index in [0.717, 1.165) is 6.42 Å². The maximum absolute atomic E-state index is 11.6. The molecule has 0 fully saturated rings. The van der Waals surface area contributed by atoms with Crippen LogP contribution in [0.1, 0.15) is 50.1 Å². The first-order chi connectivity index (χ1) is 8.30. The molecule has 6 heteroatoms. The molecule has 0 spiro atoms. The summed E-state index contributed by atoms with van der Waals surface area (Å²) in [5.74, 6) is 0.419. The zero-order valence-electron chi connectivity index (χ0n) is 11.4. The second kappa shape index (κ2) is 5.95. The van der Waals surface area contributed by atoms with Crippen molar-refractivity contribution < 1.29 is 14.4 Å². The lowest BCUT2D eigenvalue weighted by Crippen LogP contribution is -2.41. The van der Waals surface area contributed by atoms with Gasteiger partial charge in [-0.2, -0.15) is 4.98 Å². The number of aromatic nitrogens is 2. The monoisotopic (exact) mass is 255 g/mol. The van der Waals surface area contributed by atoms with Gasteiger partial charge in [-0.1, -0.05) is 19.0 Å². The molecule has 6 nitrogen and oxygen atoms in total. The Hall–Kier alpha value is -1.43. The molecule has 0 bridgehead atoms. The highest BCUT2D eigenvalue weighted by atomic mass is 16.5. The summed E-state index contributed by atoms with van der Waals surface area (Å²) in [5.41, 5.74) is -0.918. The minimum absolute atomic E-state index is 0.00726. The standard InChI is InChI=1S/C12H21N3O3/c1-8(2)5-6-12(4,17)7-13-11(16)10-14-9(3)18-15-10/h8,17H,5-7H2,1-4H3,(H,13,16). The molecular formula is C12H21N3O3. The minimum Gasteiger partial charge on any atom is -0.388 e. The van der Waals surface area contributed by atoms with Crippen molar-refractivity contribution in [3.05, 3.63) is 11.7 Å². The van der Waals surface area contributed by atoms with E-state index in [1.54, 1.807) is 13.8 Å². The van der Waals surface area contributed by atoms with Gasteiger partial charge in [0.2, 0.25) is 5.89 Å². The van der Waals surface area contributed by atoms with Crippen LogP contribution in [0, 0.1) is 12.8 Å². The fourth-order valence-corrected chi connectivity index (χ4v) is 1.43. The van der Waals surface area contributed by atoms with Crippen LogP contribution in [-0.2, 0) is 0 Å². The summed E-state index contributed by atoms with van der Waals surface area (Å²) >= 11 is 0. The Morgan fingerprint density at radius 1 is 1.56 bits per heavy atom. The van der Waals surface area contributed by atoms with Gasteiger partial charge in [-0.15, -0.1) is 0 Å². The Balaban J connectivity index is 2.42. The van der Waals surface area contributed by atoms with Crippen molar-refractivity contribution in [2.45, 2.75) is 46.1 Å². The van der Waals surface area contributed by atoms with Crippen LogP contribution in [0.2, 0.25) is 0 Å². The molecule has 0 aliphatic carbocycles. The lowest BCUT2D eigenvalue weighted by molar-refractivity contribution is 0.0426. The first kappa shape index (κ1) is 14.6. The van der Waals surface area contributed by atoms with E-state index in [-0.39, 0.29) is 12.4 Å². The summed E-state index contributed by atoms with van der Waals surface area (Å²) in [7, 11) is 0. The van der Waals surface area contributed by atoms with E-state index in [9.17, 15) is 9.90 Å². The Bertz CT molecular complexity index is 399. The molecule has 1 aromatic heterocycles. The molecule has 0 aromatic carbocycles. The summed E-state index contributed by atoms with van der Waals surface area (Å²) in [6.07, 6.45) is 1.54. The maximum atomic E-state index is 11.6. The van der Waals surface area contributed by atoms with Crippen LogP contribution in [0.5, 0.6) is 0 Å². The van der Waals surface area contributed by atoms with Gasteiger partial charge in [0.15, 0.2) is 0 Å². The Kier molecular flexibility index (Phi) is 4.84. The second-order valence-corrected chi connectivity index (χ2v) is 5.25. The predicted octanol–water partition coefficient (Wildman–Crippen LogP) is 1.30. The van der Waals surface area contributed by atoms with Crippen molar-refractivity contribution in [1.82, 2.24) is 15.5 Å². The number of aliphatic hydroxyl groups is 1. The summed E-state index contributed by atoms with van der Waals surface area (Å²) in [5, 5.41) is 16.2. The first-order valence-corrected chi connectivity index (χ1v) is 6.11. The van der Waals surface area contributed by atoms with E-state index in [4.69, 9.17) is 4.52 Å². The zero-order valence-corrected chi connectivity index (χ0v) is 11.4. The Labute approximate surface area is 107 Å². The highest BCUT2D eigenvalue weighted by Gasteiger charge is 2.23. The van der Waals surface area contributed by atoms with Crippen molar-refractivity contribution in [3.8, 4) is 0 Å². The summed E-state index contributed by atoms with van der Waals surface area (Å²) in [6.45, 7) is 7.68. The van der Waals surface area contributed by atoms with Gasteiger partial charge in [0.25, 0.3) is 11.7 Å². The number of amides is 1. The third-order valence-electron chi connectivity index (χ3n) is 2.62.